The Labute approximate surface area is 333 Å². The number of hydrogen-bond donors (Lipinski definition) is 1. The number of carbonyl (C=O) groups excluding carboxylic acids is 3. The van der Waals surface area contributed by atoms with Crippen LogP contribution in [0.3, 0.4) is 0 Å². The van der Waals surface area contributed by atoms with E-state index in [1.807, 2.05) is 79.7 Å². The number of non-ortho nitro benzene ring substituents is 1. The number of nitro benzene ring substituents is 1. The number of aliphatic hydroxyl groups is 1. The lowest BCUT2D eigenvalue weighted by atomic mass is 9.82. The Hall–Kier alpha value is -5.37. The summed E-state index contributed by atoms with van der Waals surface area (Å²) >= 11 is 0. The van der Waals surface area contributed by atoms with Gasteiger partial charge in [0.2, 0.25) is 11.8 Å². The van der Waals surface area contributed by atoms with Crippen LogP contribution in [0.1, 0.15) is 49.3 Å². The molecule has 2 fully saturated rings. The summed E-state index contributed by atoms with van der Waals surface area (Å²) in [4.78, 5) is 59.8. The maximum absolute atomic E-state index is 15.4. The first-order valence-electron chi connectivity index (χ1n) is 19.7. The molecule has 0 radical (unpaired) electrons. The standard InChI is InChI=1S/C44H48N4O8Si/c1-28-42(57(3,4)35-18-16-34(55-2)17-19-35)39(25-41(51)45-22-8-12-33(45)27-49)56-44(28)36-24-32(48(53)54)15-20-38(36)46(43(44)52)26-29-9-7-11-31(23-29)47-37-13-6-5-10-30(37)14-21-40(47)50/h5-7,9-11,13,15-20,23-24,28,33,39,42,49H,8,12,14,21-22,25-27H2,1-4H3/t28-,33-,39+,42-,44+/m0/s1. The van der Waals surface area contributed by atoms with Crippen molar-refractivity contribution in [2.75, 3.05) is 30.1 Å². The normalized spacial score (nSPS) is 24.3. The van der Waals surface area contributed by atoms with E-state index in [1.54, 1.807) is 27.9 Å². The van der Waals surface area contributed by atoms with Crippen molar-refractivity contribution >= 4 is 53.7 Å². The van der Waals surface area contributed by atoms with Crippen molar-refractivity contribution < 1.29 is 33.9 Å². The Morgan fingerprint density at radius 1 is 1.00 bits per heavy atom. The monoisotopic (exact) mass is 788 g/mol. The van der Waals surface area contributed by atoms with Gasteiger partial charge in [0, 0.05) is 42.3 Å². The van der Waals surface area contributed by atoms with Crippen LogP contribution < -0.4 is 19.7 Å². The molecular weight excluding hydrogens is 741 g/mol. The number of nitro groups is 1. The zero-order valence-corrected chi connectivity index (χ0v) is 33.7. The molecule has 1 N–H and O–H groups in total. The number of para-hydroxylation sites is 1. The van der Waals surface area contributed by atoms with Crippen LogP contribution in [0, 0.1) is 16.0 Å². The topological polar surface area (TPSA) is 143 Å². The molecular formula is C44H48N4O8Si. The molecule has 0 aliphatic carbocycles. The molecule has 5 atom stereocenters. The van der Waals surface area contributed by atoms with Crippen LogP contribution in [0.2, 0.25) is 18.6 Å². The molecule has 4 aromatic rings. The summed E-state index contributed by atoms with van der Waals surface area (Å²) in [5, 5.41) is 23.5. The van der Waals surface area contributed by atoms with E-state index in [0.29, 0.717) is 48.5 Å². The van der Waals surface area contributed by atoms with Gasteiger partial charge in [-0.25, -0.2) is 0 Å². The molecule has 0 unspecified atom stereocenters. The lowest BCUT2D eigenvalue weighted by molar-refractivity contribution is -0.385. The number of anilines is 3. The van der Waals surface area contributed by atoms with Gasteiger partial charge in [-0.1, -0.05) is 67.7 Å². The third-order valence-corrected chi connectivity index (χ3v) is 17.3. The maximum atomic E-state index is 15.4. The van der Waals surface area contributed by atoms with Crippen LogP contribution in [0.15, 0.2) is 91.0 Å². The first-order chi connectivity index (χ1) is 27.4. The number of likely N-dealkylation sites (tertiary alicyclic amines) is 1. The highest BCUT2D eigenvalue weighted by molar-refractivity contribution is 6.91. The number of benzene rings is 4. The van der Waals surface area contributed by atoms with Crippen LogP contribution in [0.5, 0.6) is 5.75 Å². The number of rotatable bonds is 10. The van der Waals surface area contributed by atoms with Gasteiger partial charge in [0.05, 0.1) is 63.2 Å². The molecule has 2 saturated heterocycles. The van der Waals surface area contributed by atoms with Crippen LogP contribution in [0.25, 0.3) is 0 Å². The zero-order chi connectivity index (χ0) is 40.2. The number of aryl methyl sites for hydroxylation is 1. The summed E-state index contributed by atoms with van der Waals surface area (Å²) in [5.41, 5.74) is 2.26. The molecule has 57 heavy (non-hydrogen) atoms. The molecule has 4 aliphatic rings. The number of fused-ring (bicyclic) bond motifs is 3. The Morgan fingerprint density at radius 2 is 1.77 bits per heavy atom. The van der Waals surface area contributed by atoms with Gasteiger partial charge in [-0.15, -0.1) is 0 Å². The van der Waals surface area contributed by atoms with E-state index >= 15 is 4.79 Å². The van der Waals surface area contributed by atoms with E-state index in [2.05, 4.69) is 13.1 Å². The van der Waals surface area contributed by atoms with Gasteiger partial charge in [0.15, 0.2) is 5.60 Å². The molecule has 0 aromatic heterocycles. The molecule has 4 heterocycles. The van der Waals surface area contributed by atoms with Gasteiger partial charge in [-0.2, -0.15) is 0 Å². The summed E-state index contributed by atoms with van der Waals surface area (Å²) in [7, 11) is -1.01. The number of methoxy groups -OCH3 is 1. The number of ether oxygens (including phenoxy) is 2. The summed E-state index contributed by atoms with van der Waals surface area (Å²) in [6.45, 7) is 6.97. The number of carbonyl (C=O) groups is 3. The highest BCUT2D eigenvalue weighted by atomic mass is 28.3. The minimum absolute atomic E-state index is 0.00473. The quantitative estimate of drug-likeness (QED) is 0.111. The SMILES string of the molecule is COc1ccc([Si](C)(C)[C@@H]2[C@@H](CC(=O)N3CCC[C@H]3CO)O[C@]3(C(=O)N(Cc4cccc(N5C(=O)CCc6ccccc65)c4)c4ccc([N+](=O)[O-])cc43)[C@H]2C)cc1. The minimum Gasteiger partial charge on any atom is -0.497 e. The largest absolute Gasteiger partial charge is 0.497 e. The van der Waals surface area contributed by atoms with Crippen molar-refractivity contribution in [2.45, 2.75) is 82.0 Å². The molecule has 13 heteroatoms. The molecule has 0 saturated carbocycles. The van der Waals surface area contributed by atoms with Gasteiger partial charge >= 0.3 is 0 Å². The van der Waals surface area contributed by atoms with E-state index in [0.717, 1.165) is 28.4 Å². The Balaban J connectivity index is 1.20. The predicted octanol–water partition coefficient (Wildman–Crippen LogP) is 6.35. The Bertz CT molecular complexity index is 2250. The smallest absolute Gasteiger partial charge is 0.269 e. The predicted molar refractivity (Wildman–Crippen MR) is 219 cm³/mol. The second-order valence-electron chi connectivity index (χ2n) is 16.3. The van der Waals surface area contributed by atoms with Gasteiger partial charge in [0.25, 0.3) is 11.6 Å². The summed E-state index contributed by atoms with van der Waals surface area (Å²) < 4.78 is 12.6. The summed E-state index contributed by atoms with van der Waals surface area (Å²) in [6, 6.07) is 27.6. The van der Waals surface area contributed by atoms with E-state index in [4.69, 9.17) is 9.47 Å². The average molecular weight is 789 g/mol. The molecule has 12 nitrogen and oxygen atoms in total. The number of hydrogen-bond acceptors (Lipinski definition) is 8. The first kappa shape index (κ1) is 38.5. The van der Waals surface area contributed by atoms with Crippen molar-refractivity contribution in [3.8, 4) is 5.75 Å². The molecule has 296 valence electrons. The Morgan fingerprint density at radius 3 is 2.51 bits per heavy atom. The van der Waals surface area contributed by atoms with E-state index in [1.165, 1.54) is 12.1 Å². The van der Waals surface area contributed by atoms with E-state index < -0.39 is 30.6 Å². The lowest BCUT2D eigenvalue weighted by Gasteiger charge is -2.37. The van der Waals surface area contributed by atoms with Crippen LogP contribution >= 0.6 is 0 Å². The molecule has 4 aliphatic heterocycles. The molecule has 3 amide bonds. The zero-order valence-electron chi connectivity index (χ0n) is 32.7. The van der Waals surface area contributed by atoms with Gasteiger partial charge in [-0.3, -0.25) is 29.4 Å². The molecule has 0 bridgehead atoms. The average Bonchev–Trinajstić information content (AvgIpc) is 3.88. The fourth-order valence-corrected chi connectivity index (χ4v) is 14.1. The summed E-state index contributed by atoms with van der Waals surface area (Å²) in [5.74, 6) is -0.269. The van der Waals surface area contributed by atoms with E-state index in [9.17, 15) is 24.8 Å². The molecule has 4 aromatic carbocycles. The third kappa shape index (κ3) is 6.41. The van der Waals surface area contributed by atoms with Crippen LogP contribution in [-0.4, -0.2) is 73.1 Å². The van der Waals surface area contributed by atoms with Crippen LogP contribution in [-0.2, 0) is 37.7 Å². The number of nitrogens with zero attached hydrogens (tertiary/aromatic N) is 4. The van der Waals surface area contributed by atoms with Crippen molar-refractivity contribution in [2.24, 2.45) is 5.92 Å². The summed E-state index contributed by atoms with van der Waals surface area (Å²) in [6.07, 6.45) is 1.87. The lowest BCUT2D eigenvalue weighted by Crippen LogP contribution is -2.52. The Kier molecular flexibility index (Phi) is 10.0. The van der Waals surface area contributed by atoms with Crippen LogP contribution in [0.4, 0.5) is 22.7 Å². The van der Waals surface area contributed by atoms with Gasteiger partial charge in [0.1, 0.15) is 5.75 Å². The highest BCUT2D eigenvalue weighted by Crippen LogP contribution is 2.60. The minimum atomic E-state index is -2.62. The van der Waals surface area contributed by atoms with Crippen molar-refractivity contribution in [3.63, 3.8) is 0 Å². The third-order valence-electron chi connectivity index (χ3n) is 12.9. The van der Waals surface area contributed by atoms with Crippen molar-refractivity contribution in [1.29, 1.82) is 0 Å². The van der Waals surface area contributed by atoms with Crippen molar-refractivity contribution in [1.82, 2.24) is 4.90 Å². The fourth-order valence-electron chi connectivity index (χ4n) is 10.1. The fraction of sp³-hybridized carbons (Fsp3) is 0.386. The van der Waals surface area contributed by atoms with Gasteiger partial charge < -0.3 is 24.4 Å². The van der Waals surface area contributed by atoms with Crippen molar-refractivity contribution in [3.05, 3.63) is 118 Å². The van der Waals surface area contributed by atoms with Gasteiger partial charge in [-0.05, 0) is 72.3 Å². The highest BCUT2D eigenvalue weighted by Gasteiger charge is 2.67. The number of aliphatic hydroxyl groups excluding tert-OH is 1. The van der Waals surface area contributed by atoms with E-state index in [-0.39, 0.29) is 54.6 Å². The second kappa shape index (κ2) is 14.9. The maximum Gasteiger partial charge on any atom is 0.269 e. The molecule has 8 rings (SSSR count). The number of amides is 3. The second-order valence-corrected chi connectivity index (χ2v) is 21.0. The molecule has 1 spiro atoms. The first-order valence-corrected chi connectivity index (χ1v) is 22.8.